The van der Waals surface area contributed by atoms with Gasteiger partial charge < -0.3 is 5.32 Å². The van der Waals surface area contributed by atoms with Crippen LogP contribution in [0.4, 0.5) is 0 Å². The second-order valence-corrected chi connectivity index (χ2v) is 9.05. The minimum atomic E-state index is -3.83. The van der Waals surface area contributed by atoms with E-state index in [-0.39, 0.29) is 15.5 Å². The fraction of sp³-hybridized carbons (Fsp3) is 0.444. The van der Waals surface area contributed by atoms with Crippen LogP contribution in [0.5, 0.6) is 0 Å². The van der Waals surface area contributed by atoms with Gasteiger partial charge >= 0.3 is 0 Å². The fourth-order valence-corrected chi connectivity index (χ4v) is 3.96. The van der Waals surface area contributed by atoms with Gasteiger partial charge in [-0.15, -0.1) is 11.3 Å². The first kappa shape index (κ1) is 16.1. The Kier molecular flexibility index (Phi) is 4.72. The second kappa shape index (κ2) is 5.57. The average molecular weight is 326 g/mol. The highest BCUT2D eigenvalue weighted by molar-refractivity contribution is 7.91. The summed E-state index contributed by atoms with van der Waals surface area (Å²) < 4.78 is 44.1. The standard InChI is InChI=1S/C9H14N2O5S3/c1-6(5-18(2,13)14)11-9(12)7-3-8(17-4-7)19(10,15)16/h3-4,6H,5H2,1-2H3,(H,11,12)(H2,10,15,16). The van der Waals surface area contributed by atoms with Gasteiger partial charge in [-0.1, -0.05) is 0 Å². The summed E-state index contributed by atoms with van der Waals surface area (Å²) in [7, 11) is -7.03. The van der Waals surface area contributed by atoms with Crippen LogP contribution < -0.4 is 10.5 Å². The number of nitrogens with two attached hydrogens (primary N) is 1. The van der Waals surface area contributed by atoms with Crippen molar-refractivity contribution in [1.82, 2.24) is 5.32 Å². The lowest BCUT2D eigenvalue weighted by Crippen LogP contribution is -2.37. The van der Waals surface area contributed by atoms with Crippen LogP contribution >= 0.6 is 11.3 Å². The molecule has 0 fully saturated rings. The first-order valence-electron chi connectivity index (χ1n) is 5.09. The molecule has 1 amide bonds. The van der Waals surface area contributed by atoms with E-state index in [4.69, 9.17) is 5.14 Å². The zero-order valence-corrected chi connectivity index (χ0v) is 12.7. The number of hydrogen-bond donors (Lipinski definition) is 2. The first-order chi connectivity index (χ1) is 8.49. The van der Waals surface area contributed by atoms with Crippen LogP contribution in [0.2, 0.25) is 0 Å². The van der Waals surface area contributed by atoms with E-state index in [0.717, 1.165) is 23.7 Å². The molecule has 1 atom stereocenters. The number of hydrogen-bond acceptors (Lipinski definition) is 6. The van der Waals surface area contributed by atoms with Crippen LogP contribution in [0.15, 0.2) is 15.7 Å². The van der Waals surface area contributed by atoms with Crippen molar-refractivity contribution in [2.75, 3.05) is 12.0 Å². The third-order valence-electron chi connectivity index (χ3n) is 2.05. The number of thiophene rings is 1. The molecule has 1 unspecified atom stereocenters. The van der Waals surface area contributed by atoms with Gasteiger partial charge in [-0.05, 0) is 13.0 Å². The molecule has 0 aliphatic heterocycles. The number of nitrogens with one attached hydrogen (secondary N) is 1. The molecule has 19 heavy (non-hydrogen) atoms. The van der Waals surface area contributed by atoms with Crippen molar-refractivity contribution in [1.29, 1.82) is 0 Å². The Hall–Kier alpha value is -0.970. The molecule has 0 aliphatic rings. The zero-order valence-electron chi connectivity index (χ0n) is 10.3. The average Bonchev–Trinajstić information content (AvgIpc) is 2.61. The number of sulfone groups is 1. The summed E-state index contributed by atoms with van der Waals surface area (Å²) in [5.41, 5.74) is 0.134. The summed E-state index contributed by atoms with van der Waals surface area (Å²) in [6.45, 7) is 1.55. The Morgan fingerprint density at radius 1 is 1.42 bits per heavy atom. The summed E-state index contributed by atoms with van der Waals surface area (Å²) in [5.74, 6) is -0.729. The molecular formula is C9H14N2O5S3. The van der Waals surface area contributed by atoms with Gasteiger partial charge in [0.15, 0.2) is 0 Å². The van der Waals surface area contributed by atoms with E-state index >= 15 is 0 Å². The molecule has 0 aliphatic carbocycles. The zero-order chi connectivity index (χ0) is 14.8. The molecule has 108 valence electrons. The van der Waals surface area contributed by atoms with E-state index in [2.05, 4.69) is 5.32 Å². The molecule has 0 spiro atoms. The number of amides is 1. The third kappa shape index (κ3) is 5.27. The highest BCUT2D eigenvalue weighted by Gasteiger charge is 2.18. The number of primary sulfonamides is 1. The van der Waals surface area contributed by atoms with Crippen LogP contribution in [-0.2, 0) is 19.9 Å². The Bertz CT molecular complexity index is 674. The van der Waals surface area contributed by atoms with E-state index in [1.807, 2.05) is 0 Å². The van der Waals surface area contributed by atoms with Crippen LogP contribution in [0, 0.1) is 0 Å². The summed E-state index contributed by atoms with van der Waals surface area (Å²) in [4.78, 5) is 11.7. The summed E-state index contributed by atoms with van der Waals surface area (Å²) in [6.07, 6.45) is 1.07. The van der Waals surface area contributed by atoms with E-state index < -0.39 is 31.8 Å². The molecule has 0 bridgehead atoms. The van der Waals surface area contributed by atoms with Crippen molar-refractivity contribution in [3.8, 4) is 0 Å². The predicted molar refractivity (Wildman–Crippen MR) is 72.3 cm³/mol. The Balaban J connectivity index is 2.77. The quantitative estimate of drug-likeness (QED) is 0.759. The minimum Gasteiger partial charge on any atom is -0.349 e. The van der Waals surface area contributed by atoms with E-state index in [9.17, 15) is 21.6 Å². The Labute approximate surface area is 115 Å². The third-order valence-corrected chi connectivity index (χ3v) is 5.54. The predicted octanol–water partition coefficient (Wildman–Crippen LogP) is -0.442. The highest BCUT2D eigenvalue weighted by atomic mass is 32.2. The lowest BCUT2D eigenvalue weighted by Gasteiger charge is -2.11. The first-order valence-corrected chi connectivity index (χ1v) is 9.57. The maximum atomic E-state index is 11.7. The maximum absolute atomic E-state index is 11.7. The van der Waals surface area contributed by atoms with Crippen molar-refractivity contribution in [3.05, 3.63) is 17.0 Å². The van der Waals surface area contributed by atoms with Crippen molar-refractivity contribution in [2.24, 2.45) is 5.14 Å². The molecule has 0 saturated carbocycles. The van der Waals surface area contributed by atoms with Crippen molar-refractivity contribution < 1.29 is 21.6 Å². The smallest absolute Gasteiger partial charge is 0.252 e. The van der Waals surface area contributed by atoms with Gasteiger partial charge in [-0.3, -0.25) is 4.79 Å². The molecule has 0 radical (unpaired) electrons. The van der Waals surface area contributed by atoms with E-state index in [1.165, 1.54) is 5.38 Å². The summed E-state index contributed by atoms with van der Waals surface area (Å²) in [5, 5.41) is 8.75. The SMILES string of the molecule is CC(CS(C)(=O)=O)NC(=O)c1csc(S(N)(=O)=O)c1. The second-order valence-electron chi connectivity index (χ2n) is 4.17. The molecule has 1 rings (SSSR count). The highest BCUT2D eigenvalue weighted by Crippen LogP contribution is 2.18. The molecule has 1 aromatic heterocycles. The van der Waals surface area contributed by atoms with Gasteiger partial charge in [0, 0.05) is 17.7 Å². The fourth-order valence-electron chi connectivity index (χ4n) is 1.39. The van der Waals surface area contributed by atoms with Crippen LogP contribution in [-0.4, -0.2) is 40.8 Å². The monoisotopic (exact) mass is 326 g/mol. The molecule has 1 heterocycles. The number of carbonyl (C=O) groups is 1. The summed E-state index contributed by atoms with van der Waals surface area (Å²) in [6, 6.07) is 0.586. The number of carbonyl (C=O) groups excluding carboxylic acids is 1. The minimum absolute atomic E-state index is 0.117. The topological polar surface area (TPSA) is 123 Å². The lowest BCUT2D eigenvalue weighted by molar-refractivity contribution is 0.0944. The van der Waals surface area contributed by atoms with Crippen LogP contribution in [0.1, 0.15) is 17.3 Å². The van der Waals surface area contributed by atoms with Crippen LogP contribution in [0.3, 0.4) is 0 Å². The molecule has 0 saturated heterocycles. The van der Waals surface area contributed by atoms with Crippen molar-refractivity contribution in [3.63, 3.8) is 0 Å². The van der Waals surface area contributed by atoms with Gasteiger partial charge in [0.25, 0.3) is 5.91 Å². The normalized spacial score (nSPS) is 14.1. The van der Waals surface area contributed by atoms with Gasteiger partial charge in [0.05, 0.1) is 11.3 Å². The maximum Gasteiger partial charge on any atom is 0.252 e. The van der Waals surface area contributed by atoms with Crippen molar-refractivity contribution in [2.45, 2.75) is 17.2 Å². The molecule has 1 aromatic rings. The largest absolute Gasteiger partial charge is 0.349 e. The van der Waals surface area contributed by atoms with Gasteiger partial charge in [0.1, 0.15) is 14.0 Å². The molecule has 3 N–H and O–H groups in total. The number of sulfonamides is 1. The Morgan fingerprint density at radius 3 is 2.42 bits per heavy atom. The van der Waals surface area contributed by atoms with Crippen LogP contribution in [0.25, 0.3) is 0 Å². The Morgan fingerprint density at radius 2 is 2.00 bits per heavy atom. The molecule has 7 nitrogen and oxygen atoms in total. The van der Waals surface area contributed by atoms with Gasteiger partial charge in [0.2, 0.25) is 10.0 Å². The lowest BCUT2D eigenvalue weighted by atomic mass is 10.3. The van der Waals surface area contributed by atoms with E-state index in [0.29, 0.717) is 0 Å². The van der Waals surface area contributed by atoms with E-state index in [1.54, 1.807) is 6.92 Å². The van der Waals surface area contributed by atoms with Gasteiger partial charge in [-0.25, -0.2) is 22.0 Å². The summed E-state index contributed by atoms with van der Waals surface area (Å²) >= 11 is 0.833. The van der Waals surface area contributed by atoms with Crippen molar-refractivity contribution >= 4 is 37.1 Å². The molecule has 0 aromatic carbocycles. The molecular weight excluding hydrogens is 312 g/mol. The van der Waals surface area contributed by atoms with Gasteiger partial charge in [-0.2, -0.15) is 0 Å². The number of rotatable bonds is 5. The molecule has 10 heteroatoms.